The van der Waals surface area contributed by atoms with Crippen LogP contribution in [0.2, 0.25) is 0 Å². The van der Waals surface area contributed by atoms with Crippen molar-refractivity contribution in [1.82, 2.24) is 9.97 Å². The van der Waals surface area contributed by atoms with E-state index in [9.17, 15) is 0 Å². The molecule has 0 saturated carbocycles. The van der Waals surface area contributed by atoms with Gasteiger partial charge in [-0.3, -0.25) is 0 Å². The van der Waals surface area contributed by atoms with Crippen molar-refractivity contribution in [2.75, 3.05) is 0 Å². The highest BCUT2D eigenvalue weighted by Gasteiger charge is 2.41. The van der Waals surface area contributed by atoms with E-state index in [0.717, 1.165) is 28.1 Å². The molecular formula is C59H42N2. The van der Waals surface area contributed by atoms with Gasteiger partial charge in [-0.05, 0) is 108 Å². The van der Waals surface area contributed by atoms with E-state index in [1.807, 2.05) is 6.07 Å². The van der Waals surface area contributed by atoms with Crippen molar-refractivity contribution in [2.24, 2.45) is 0 Å². The second-order valence-corrected chi connectivity index (χ2v) is 17.4. The third kappa shape index (κ3) is 5.28. The summed E-state index contributed by atoms with van der Waals surface area (Å²) in [5, 5.41) is 4.97. The van der Waals surface area contributed by atoms with Gasteiger partial charge in [0, 0.05) is 27.5 Å². The molecule has 0 spiro atoms. The SMILES string of the molecule is CC1(C)c2cc(-c3ccc(-c4cc(-c5ccc6c(c5)C(C)(c5ccccc5)c5ccccc5-6)nc(-c5ccccc5)n4)c4ccccc34)ccc2-c2c1ccc1ccccc21. The van der Waals surface area contributed by atoms with Gasteiger partial charge in [0.2, 0.25) is 0 Å². The summed E-state index contributed by atoms with van der Waals surface area (Å²) in [5.74, 6) is 0.712. The summed E-state index contributed by atoms with van der Waals surface area (Å²) in [4.78, 5) is 10.6. The lowest BCUT2D eigenvalue weighted by Crippen LogP contribution is -2.22. The van der Waals surface area contributed by atoms with Crippen molar-refractivity contribution >= 4 is 21.5 Å². The zero-order valence-corrected chi connectivity index (χ0v) is 34.4. The molecule has 0 radical (unpaired) electrons. The topological polar surface area (TPSA) is 25.8 Å². The van der Waals surface area contributed by atoms with Gasteiger partial charge in [0.25, 0.3) is 0 Å². The highest BCUT2D eigenvalue weighted by molar-refractivity contribution is 6.07. The van der Waals surface area contributed by atoms with E-state index in [-0.39, 0.29) is 10.8 Å². The van der Waals surface area contributed by atoms with Crippen LogP contribution in [0.3, 0.4) is 0 Å². The van der Waals surface area contributed by atoms with Crippen LogP contribution in [0.15, 0.2) is 200 Å². The van der Waals surface area contributed by atoms with Crippen LogP contribution < -0.4 is 0 Å². The van der Waals surface area contributed by atoms with Gasteiger partial charge >= 0.3 is 0 Å². The van der Waals surface area contributed by atoms with Gasteiger partial charge in [0.1, 0.15) is 0 Å². The minimum atomic E-state index is -0.309. The average molecular weight is 779 g/mol. The maximum Gasteiger partial charge on any atom is 0.160 e. The first-order chi connectivity index (χ1) is 29.9. The van der Waals surface area contributed by atoms with Crippen LogP contribution in [0, 0.1) is 0 Å². The highest BCUT2D eigenvalue weighted by atomic mass is 14.9. The quantitative estimate of drug-likeness (QED) is 0.174. The molecule has 0 aliphatic heterocycles. The lowest BCUT2D eigenvalue weighted by atomic mass is 9.74. The Morgan fingerprint density at radius 2 is 0.934 bits per heavy atom. The average Bonchev–Trinajstić information content (AvgIpc) is 3.72. The third-order valence-corrected chi connectivity index (χ3v) is 13.8. The number of aromatic nitrogens is 2. The monoisotopic (exact) mass is 778 g/mol. The molecule has 0 amide bonds. The molecule has 2 aliphatic rings. The second kappa shape index (κ2) is 13.3. The van der Waals surface area contributed by atoms with E-state index >= 15 is 0 Å². The molecular weight excluding hydrogens is 737 g/mol. The molecule has 1 aromatic heterocycles. The largest absolute Gasteiger partial charge is 0.228 e. The standard InChI is InChI=1S/C59H42N2/c1-58(2)51-33-28-37-16-10-11-21-43(37)56(51)49-30-26-39(34-52(49)58)42-31-32-48(45-23-13-12-22-44(42)45)55-36-54(60-57(61-55)38-17-6-4-7-18-38)40-27-29-47-46-24-14-15-25-50(46)59(3,53(47)35-40)41-19-8-5-9-20-41/h4-36H,1-3H3. The van der Waals surface area contributed by atoms with Gasteiger partial charge in [-0.15, -0.1) is 0 Å². The zero-order valence-electron chi connectivity index (χ0n) is 34.4. The van der Waals surface area contributed by atoms with E-state index in [4.69, 9.17) is 9.97 Å². The predicted octanol–water partition coefficient (Wildman–Crippen LogP) is 15.1. The summed E-state index contributed by atoms with van der Waals surface area (Å²) >= 11 is 0. The van der Waals surface area contributed by atoms with Crippen LogP contribution in [-0.2, 0) is 10.8 Å². The molecule has 288 valence electrons. The van der Waals surface area contributed by atoms with Crippen molar-refractivity contribution in [2.45, 2.75) is 31.6 Å². The van der Waals surface area contributed by atoms with Gasteiger partial charge in [-0.1, -0.05) is 196 Å². The van der Waals surface area contributed by atoms with Crippen molar-refractivity contribution in [3.63, 3.8) is 0 Å². The Labute approximate surface area is 356 Å². The summed E-state index contributed by atoms with van der Waals surface area (Å²) in [6, 6.07) is 73.1. The number of hydrogen-bond acceptors (Lipinski definition) is 2. The van der Waals surface area contributed by atoms with Crippen molar-refractivity contribution < 1.29 is 0 Å². The maximum absolute atomic E-state index is 5.34. The molecule has 10 aromatic rings. The van der Waals surface area contributed by atoms with E-state index in [2.05, 4.69) is 215 Å². The first-order valence-corrected chi connectivity index (χ1v) is 21.3. The summed E-state index contributed by atoms with van der Waals surface area (Å²) in [6.07, 6.45) is 0. The second-order valence-electron chi connectivity index (χ2n) is 17.4. The third-order valence-electron chi connectivity index (χ3n) is 13.8. The fourth-order valence-corrected chi connectivity index (χ4v) is 10.6. The molecule has 0 bridgehead atoms. The number of fused-ring (bicyclic) bond motifs is 9. The van der Waals surface area contributed by atoms with Crippen LogP contribution >= 0.6 is 0 Å². The molecule has 1 atom stereocenters. The van der Waals surface area contributed by atoms with E-state index < -0.39 is 0 Å². The number of hydrogen-bond donors (Lipinski definition) is 0. The molecule has 2 aliphatic carbocycles. The fraction of sp³-hybridized carbons (Fsp3) is 0.0847. The molecule has 1 unspecified atom stereocenters. The van der Waals surface area contributed by atoms with Crippen molar-refractivity contribution in [1.29, 1.82) is 0 Å². The Morgan fingerprint density at radius 1 is 0.344 bits per heavy atom. The van der Waals surface area contributed by atoms with Gasteiger partial charge in [-0.2, -0.15) is 0 Å². The van der Waals surface area contributed by atoms with Crippen molar-refractivity contribution in [3.05, 3.63) is 228 Å². The minimum Gasteiger partial charge on any atom is -0.228 e. The highest BCUT2D eigenvalue weighted by Crippen LogP contribution is 2.54. The number of rotatable bonds is 5. The molecule has 2 nitrogen and oxygen atoms in total. The van der Waals surface area contributed by atoms with Crippen LogP contribution in [0.4, 0.5) is 0 Å². The van der Waals surface area contributed by atoms with Gasteiger partial charge in [0.05, 0.1) is 11.4 Å². The molecule has 12 rings (SSSR count). The minimum absolute atomic E-state index is 0.121. The Bertz CT molecular complexity index is 3400. The van der Waals surface area contributed by atoms with Crippen LogP contribution in [0.25, 0.3) is 88.8 Å². The van der Waals surface area contributed by atoms with Crippen LogP contribution in [0.5, 0.6) is 0 Å². The van der Waals surface area contributed by atoms with Crippen molar-refractivity contribution in [3.8, 4) is 67.3 Å². The smallest absolute Gasteiger partial charge is 0.160 e. The molecule has 0 N–H and O–H groups in total. The lowest BCUT2D eigenvalue weighted by molar-refractivity contribution is 0.661. The molecule has 61 heavy (non-hydrogen) atoms. The predicted molar refractivity (Wildman–Crippen MR) is 254 cm³/mol. The molecule has 0 fully saturated rings. The Balaban J connectivity index is 1.01. The summed E-state index contributed by atoms with van der Waals surface area (Å²) < 4.78 is 0. The van der Waals surface area contributed by atoms with Gasteiger partial charge < -0.3 is 0 Å². The summed E-state index contributed by atoms with van der Waals surface area (Å²) in [6.45, 7) is 7.11. The normalized spacial score (nSPS) is 15.7. The molecule has 9 aromatic carbocycles. The number of benzene rings is 9. The van der Waals surface area contributed by atoms with Gasteiger partial charge in [0.15, 0.2) is 5.82 Å². The summed E-state index contributed by atoms with van der Waals surface area (Å²) in [7, 11) is 0. The maximum atomic E-state index is 5.34. The molecule has 0 saturated heterocycles. The zero-order chi connectivity index (χ0) is 40.9. The Morgan fingerprint density at radius 3 is 1.75 bits per heavy atom. The first-order valence-electron chi connectivity index (χ1n) is 21.3. The fourth-order valence-electron chi connectivity index (χ4n) is 10.6. The van der Waals surface area contributed by atoms with Crippen LogP contribution in [0.1, 0.15) is 48.6 Å². The molecule has 1 heterocycles. The molecule has 2 heteroatoms. The van der Waals surface area contributed by atoms with E-state index in [0.29, 0.717) is 5.82 Å². The van der Waals surface area contributed by atoms with E-state index in [1.54, 1.807) is 0 Å². The van der Waals surface area contributed by atoms with Gasteiger partial charge in [-0.25, -0.2) is 9.97 Å². The lowest BCUT2D eigenvalue weighted by Gasteiger charge is -2.28. The first kappa shape index (κ1) is 35.5. The summed E-state index contributed by atoms with van der Waals surface area (Å²) in [5.41, 5.74) is 18.9. The van der Waals surface area contributed by atoms with E-state index in [1.165, 1.54) is 82.7 Å². The Hall–Kier alpha value is -7.42. The van der Waals surface area contributed by atoms with Crippen LogP contribution in [-0.4, -0.2) is 9.97 Å². The number of nitrogens with zero attached hydrogens (tertiary/aromatic N) is 2. The Kier molecular flexibility index (Phi) is 7.74.